The summed E-state index contributed by atoms with van der Waals surface area (Å²) in [4.78, 5) is 14.1. The Bertz CT molecular complexity index is 765. The molecule has 0 unspecified atom stereocenters. The van der Waals surface area contributed by atoms with Crippen LogP contribution in [-0.4, -0.2) is 30.4 Å². The van der Waals surface area contributed by atoms with Crippen molar-refractivity contribution in [3.05, 3.63) is 59.2 Å². The number of nitrogens with one attached hydrogen (secondary N) is 2. The van der Waals surface area contributed by atoms with E-state index in [1.165, 1.54) is 11.6 Å². The molecule has 2 N–H and O–H groups in total. The van der Waals surface area contributed by atoms with Gasteiger partial charge in [-0.15, -0.1) is 12.4 Å². The van der Waals surface area contributed by atoms with Crippen LogP contribution in [0.5, 0.6) is 0 Å². The summed E-state index contributed by atoms with van der Waals surface area (Å²) in [5, 5.41) is 5.72. The van der Waals surface area contributed by atoms with Gasteiger partial charge >= 0.3 is 0 Å². The van der Waals surface area contributed by atoms with Crippen LogP contribution in [0.2, 0.25) is 0 Å². The molecule has 0 saturated carbocycles. The fraction of sp³-hybridized carbons (Fsp3) is 0.316. The summed E-state index contributed by atoms with van der Waals surface area (Å²) < 4.78 is 27.3. The van der Waals surface area contributed by atoms with Gasteiger partial charge in [-0.25, -0.2) is 8.78 Å². The second-order valence-electron chi connectivity index (χ2n) is 6.08. The van der Waals surface area contributed by atoms with Gasteiger partial charge in [-0.1, -0.05) is 31.2 Å². The molecule has 2 aromatic rings. The fourth-order valence-electron chi connectivity index (χ4n) is 3.06. The minimum atomic E-state index is -0.776. The molecule has 0 atom stereocenters. The van der Waals surface area contributed by atoms with Crippen LogP contribution in [0.1, 0.15) is 18.1 Å². The molecule has 1 heterocycles. The number of halogens is 3. The van der Waals surface area contributed by atoms with E-state index in [1.54, 1.807) is 0 Å². The van der Waals surface area contributed by atoms with E-state index < -0.39 is 23.2 Å². The summed E-state index contributed by atoms with van der Waals surface area (Å²) in [6.07, 6.45) is 1.00. The topological polar surface area (TPSA) is 44.4 Å². The average molecular weight is 382 g/mol. The largest absolute Gasteiger partial charge is 0.384 e. The van der Waals surface area contributed by atoms with E-state index in [4.69, 9.17) is 0 Å². The van der Waals surface area contributed by atoms with Crippen LogP contribution in [-0.2, 0) is 17.8 Å². The minimum Gasteiger partial charge on any atom is -0.384 e. The zero-order chi connectivity index (χ0) is 17.8. The third-order valence-corrected chi connectivity index (χ3v) is 4.37. The van der Waals surface area contributed by atoms with Gasteiger partial charge in [0, 0.05) is 18.8 Å². The molecule has 26 heavy (non-hydrogen) atoms. The lowest BCUT2D eigenvalue weighted by Crippen LogP contribution is -2.33. The maximum absolute atomic E-state index is 13.7. The van der Waals surface area contributed by atoms with E-state index in [0.29, 0.717) is 13.1 Å². The number of hydrogen-bond donors (Lipinski definition) is 2. The van der Waals surface area contributed by atoms with Gasteiger partial charge in [0.15, 0.2) is 0 Å². The molecule has 0 aromatic heterocycles. The third kappa shape index (κ3) is 4.51. The van der Waals surface area contributed by atoms with Gasteiger partial charge in [-0.2, -0.15) is 0 Å². The molecule has 0 saturated heterocycles. The summed E-state index contributed by atoms with van der Waals surface area (Å²) in [5.41, 5.74) is 3.15. The number of para-hydroxylation sites is 2. The van der Waals surface area contributed by atoms with E-state index in [-0.39, 0.29) is 19.0 Å². The molecule has 1 aliphatic rings. The van der Waals surface area contributed by atoms with Gasteiger partial charge in [-0.3, -0.25) is 9.69 Å². The van der Waals surface area contributed by atoms with Gasteiger partial charge in [0.25, 0.3) is 0 Å². The molecular formula is C19H22ClF2N3O. The molecule has 2 aromatic carbocycles. The predicted molar refractivity (Wildman–Crippen MR) is 102 cm³/mol. The lowest BCUT2D eigenvalue weighted by molar-refractivity contribution is -0.117. The number of carbonyl (C=O) groups excluding carboxylic acids is 1. The van der Waals surface area contributed by atoms with Crippen LogP contribution in [0.25, 0.3) is 0 Å². The van der Waals surface area contributed by atoms with Gasteiger partial charge in [-0.05, 0) is 36.2 Å². The van der Waals surface area contributed by atoms with Crippen molar-refractivity contribution in [2.75, 3.05) is 30.3 Å². The highest BCUT2D eigenvalue weighted by molar-refractivity contribution is 5.92. The van der Waals surface area contributed by atoms with E-state index >= 15 is 0 Å². The first-order chi connectivity index (χ1) is 12.1. The molecule has 0 fully saturated rings. The quantitative estimate of drug-likeness (QED) is 0.799. The van der Waals surface area contributed by atoms with E-state index in [2.05, 4.69) is 16.7 Å². The second kappa shape index (κ2) is 8.96. The van der Waals surface area contributed by atoms with Crippen molar-refractivity contribution in [2.45, 2.75) is 19.9 Å². The summed E-state index contributed by atoms with van der Waals surface area (Å²) in [7, 11) is 0. The van der Waals surface area contributed by atoms with Crippen LogP contribution < -0.4 is 10.6 Å². The predicted octanol–water partition coefficient (Wildman–Crippen LogP) is 3.82. The van der Waals surface area contributed by atoms with Crippen LogP contribution in [0.15, 0.2) is 36.4 Å². The number of carbonyl (C=O) groups is 1. The fourth-order valence-corrected chi connectivity index (χ4v) is 3.06. The molecule has 0 bridgehead atoms. The summed E-state index contributed by atoms with van der Waals surface area (Å²) in [6.45, 7) is 4.18. The summed E-state index contributed by atoms with van der Waals surface area (Å²) in [5.74, 6) is -1.99. The van der Waals surface area contributed by atoms with Crippen molar-refractivity contribution >= 4 is 29.7 Å². The van der Waals surface area contributed by atoms with Crippen LogP contribution in [0.4, 0.5) is 20.2 Å². The van der Waals surface area contributed by atoms with E-state index in [9.17, 15) is 13.6 Å². The Morgan fingerprint density at radius 1 is 1.19 bits per heavy atom. The monoisotopic (exact) mass is 381 g/mol. The Hall–Kier alpha value is -2.18. The number of likely N-dealkylation sites (N-methyl/N-ethyl adjacent to an activating group) is 1. The van der Waals surface area contributed by atoms with Crippen LogP contribution in [0.3, 0.4) is 0 Å². The smallest absolute Gasteiger partial charge is 0.238 e. The highest BCUT2D eigenvalue weighted by atomic mass is 35.5. The molecule has 0 spiro atoms. The molecule has 1 aliphatic heterocycles. The number of nitrogens with zero attached hydrogens (tertiary/aromatic N) is 1. The van der Waals surface area contributed by atoms with Crippen molar-refractivity contribution in [2.24, 2.45) is 0 Å². The maximum atomic E-state index is 13.7. The maximum Gasteiger partial charge on any atom is 0.238 e. The highest BCUT2D eigenvalue weighted by Crippen LogP contribution is 2.27. The van der Waals surface area contributed by atoms with Crippen LogP contribution >= 0.6 is 12.4 Å². The second-order valence-corrected chi connectivity index (χ2v) is 6.08. The van der Waals surface area contributed by atoms with Crippen molar-refractivity contribution in [1.82, 2.24) is 4.90 Å². The Balaban J connectivity index is 0.00000243. The Kier molecular flexibility index (Phi) is 6.94. The van der Waals surface area contributed by atoms with E-state index in [0.717, 1.165) is 36.3 Å². The van der Waals surface area contributed by atoms with Crippen molar-refractivity contribution in [3.63, 3.8) is 0 Å². The SMILES string of the molecule is CCN(CC(=O)Nc1c(F)cccc1F)Cc1cccc2c1NCC2.Cl. The Morgan fingerprint density at radius 2 is 1.88 bits per heavy atom. The minimum absolute atomic E-state index is 0. The molecule has 0 aliphatic carbocycles. The van der Waals surface area contributed by atoms with Gasteiger partial charge in [0.1, 0.15) is 17.3 Å². The number of anilines is 2. The number of fused-ring (bicyclic) bond motifs is 1. The van der Waals surface area contributed by atoms with Gasteiger partial charge < -0.3 is 10.6 Å². The normalized spacial score (nSPS) is 12.3. The van der Waals surface area contributed by atoms with E-state index in [1.807, 2.05) is 24.0 Å². The lowest BCUT2D eigenvalue weighted by Gasteiger charge is -2.21. The van der Waals surface area contributed by atoms with Gasteiger partial charge in [0.2, 0.25) is 5.91 Å². The third-order valence-electron chi connectivity index (χ3n) is 4.37. The molecule has 4 nitrogen and oxygen atoms in total. The lowest BCUT2D eigenvalue weighted by atomic mass is 10.1. The Morgan fingerprint density at radius 3 is 2.58 bits per heavy atom. The summed E-state index contributed by atoms with van der Waals surface area (Å²) >= 11 is 0. The van der Waals surface area contributed by atoms with Crippen molar-refractivity contribution in [1.29, 1.82) is 0 Å². The number of rotatable bonds is 6. The van der Waals surface area contributed by atoms with Crippen LogP contribution in [0, 0.1) is 11.6 Å². The first-order valence-corrected chi connectivity index (χ1v) is 8.39. The molecule has 7 heteroatoms. The first-order valence-electron chi connectivity index (χ1n) is 8.39. The van der Waals surface area contributed by atoms with Crippen molar-refractivity contribution in [3.8, 4) is 0 Å². The van der Waals surface area contributed by atoms with Gasteiger partial charge in [0.05, 0.1) is 6.54 Å². The zero-order valence-corrected chi connectivity index (χ0v) is 15.3. The zero-order valence-electron chi connectivity index (χ0n) is 14.5. The molecule has 3 rings (SSSR count). The molecule has 0 radical (unpaired) electrons. The summed E-state index contributed by atoms with van der Waals surface area (Å²) in [6, 6.07) is 9.66. The first kappa shape index (κ1) is 20.1. The van der Waals surface area contributed by atoms with Crippen molar-refractivity contribution < 1.29 is 13.6 Å². The number of amides is 1. The number of hydrogen-bond acceptors (Lipinski definition) is 3. The standard InChI is InChI=1S/C19H21F2N3O.ClH/c1-2-24(11-14-6-3-5-13-9-10-22-18(13)14)12-17(25)23-19-15(20)7-4-8-16(19)21;/h3-8,22H,2,9-12H2,1H3,(H,23,25);1H. The number of benzene rings is 2. The molecule has 1 amide bonds. The molecule has 140 valence electrons. The Labute approximate surface area is 158 Å². The highest BCUT2D eigenvalue weighted by Gasteiger charge is 2.18. The molecular weight excluding hydrogens is 360 g/mol. The average Bonchev–Trinajstić information content (AvgIpc) is 3.07.